The van der Waals surface area contributed by atoms with E-state index in [4.69, 9.17) is 5.73 Å². The fourth-order valence-corrected chi connectivity index (χ4v) is 1.91. The first kappa shape index (κ1) is 9.45. The van der Waals surface area contributed by atoms with Crippen molar-refractivity contribution in [1.29, 1.82) is 0 Å². The fraction of sp³-hybridized carbons (Fsp3) is 0.778. The monoisotopic (exact) mass is 195 g/mol. The Hall–Kier alpha value is -1.10. The van der Waals surface area contributed by atoms with Crippen molar-refractivity contribution in [3.05, 3.63) is 5.82 Å². The Morgan fingerprint density at radius 2 is 2.36 bits per heavy atom. The maximum Gasteiger partial charge on any atom is 0.244 e. The summed E-state index contributed by atoms with van der Waals surface area (Å²) in [6.07, 6.45) is 2.22. The molecule has 1 aliphatic rings. The van der Waals surface area contributed by atoms with Crippen molar-refractivity contribution >= 4 is 5.95 Å². The van der Waals surface area contributed by atoms with Crippen LogP contribution in [-0.4, -0.2) is 33.8 Å². The lowest BCUT2D eigenvalue weighted by Gasteiger charge is -2.36. The van der Waals surface area contributed by atoms with Crippen molar-refractivity contribution in [3.63, 3.8) is 0 Å². The SMILES string of the molecule is Cc1nc(N2CCCC(N)C2C)n[nH]1. The van der Waals surface area contributed by atoms with Crippen molar-refractivity contribution in [1.82, 2.24) is 15.2 Å². The van der Waals surface area contributed by atoms with Gasteiger partial charge in [0.05, 0.1) is 0 Å². The summed E-state index contributed by atoms with van der Waals surface area (Å²) in [5, 5.41) is 7.02. The maximum atomic E-state index is 6.01. The fourth-order valence-electron chi connectivity index (χ4n) is 1.91. The molecule has 1 fully saturated rings. The second-order valence-electron chi connectivity index (χ2n) is 3.96. The number of aryl methyl sites for hydroxylation is 1. The van der Waals surface area contributed by atoms with E-state index in [2.05, 4.69) is 27.0 Å². The zero-order chi connectivity index (χ0) is 10.1. The third-order valence-corrected chi connectivity index (χ3v) is 2.89. The number of nitrogens with zero attached hydrogens (tertiary/aromatic N) is 3. The lowest BCUT2D eigenvalue weighted by atomic mass is 9.99. The second kappa shape index (κ2) is 3.57. The number of aromatic amines is 1. The van der Waals surface area contributed by atoms with Crippen LogP contribution in [0.3, 0.4) is 0 Å². The maximum absolute atomic E-state index is 6.01. The van der Waals surface area contributed by atoms with Crippen LogP contribution in [-0.2, 0) is 0 Å². The van der Waals surface area contributed by atoms with Gasteiger partial charge in [0.15, 0.2) is 0 Å². The van der Waals surface area contributed by atoms with Gasteiger partial charge in [0.25, 0.3) is 0 Å². The summed E-state index contributed by atoms with van der Waals surface area (Å²) >= 11 is 0. The van der Waals surface area contributed by atoms with E-state index in [1.807, 2.05) is 6.92 Å². The molecule has 0 aliphatic carbocycles. The van der Waals surface area contributed by atoms with Crippen LogP contribution in [0.1, 0.15) is 25.6 Å². The smallest absolute Gasteiger partial charge is 0.244 e. The summed E-state index contributed by atoms with van der Waals surface area (Å²) in [7, 11) is 0. The average Bonchev–Trinajstić information content (AvgIpc) is 2.57. The summed E-state index contributed by atoms with van der Waals surface area (Å²) in [5.74, 6) is 1.64. The second-order valence-corrected chi connectivity index (χ2v) is 3.96. The van der Waals surface area contributed by atoms with Gasteiger partial charge < -0.3 is 10.6 Å². The van der Waals surface area contributed by atoms with Crippen molar-refractivity contribution in [3.8, 4) is 0 Å². The van der Waals surface area contributed by atoms with E-state index < -0.39 is 0 Å². The van der Waals surface area contributed by atoms with Crippen LogP contribution in [0.25, 0.3) is 0 Å². The van der Waals surface area contributed by atoms with E-state index in [1.165, 1.54) is 0 Å². The van der Waals surface area contributed by atoms with Gasteiger partial charge in [0, 0.05) is 18.6 Å². The van der Waals surface area contributed by atoms with Gasteiger partial charge in [-0.25, -0.2) is 0 Å². The molecule has 5 nitrogen and oxygen atoms in total. The van der Waals surface area contributed by atoms with Crippen molar-refractivity contribution in [2.24, 2.45) is 5.73 Å². The molecule has 0 aromatic carbocycles. The first-order valence-corrected chi connectivity index (χ1v) is 5.09. The molecule has 78 valence electrons. The van der Waals surface area contributed by atoms with E-state index in [-0.39, 0.29) is 6.04 Å². The van der Waals surface area contributed by atoms with Crippen LogP contribution in [0.2, 0.25) is 0 Å². The molecule has 0 bridgehead atoms. The lowest BCUT2D eigenvalue weighted by Crippen LogP contribution is -2.50. The third kappa shape index (κ3) is 1.59. The van der Waals surface area contributed by atoms with Crippen molar-refractivity contribution in [2.75, 3.05) is 11.4 Å². The normalized spacial score (nSPS) is 28.1. The number of rotatable bonds is 1. The summed E-state index contributed by atoms with van der Waals surface area (Å²) in [5.41, 5.74) is 6.01. The predicted octanol–water partition coefficient (Wildman–Crippen LogP) is 0.429. The Labute approximate surface area is 83.7 Å². The van der Waals surface area contributed by atoms with Crippen LogP contribution >= 0.6 is 0 Å². The number of hydrogen-bond donors (Lipinski definition) is 2. The van der Waals surface area contributed by atoms with Crippen LogP contribution in [0.15, 0.2) is 0 Å². The zero-order valence-corrected chi connectivity index (χ0v) is 8.70. The summed E-state index contributed by atoms with van der Waals surface area (Å²) in [6.45, 7) is 5.05. The lowest BCUT2D eigenvalue weighted by molar-refractivity contribution is 0.416. The molecule has 1 aliphatic heterocycles. The Morgan fingerprint density at radius 3 is 3.00 bits per heavy atom. The number of anilines is 1. The Balaban J connectivity index is 2.17. The molecule has 0 saturated carbocycles. The topological polar surface area (TPSA) is 70.8 Å². The summed E-state index contributed by atoms with van der Waals surface area (Å²) in [6, 6.07) is 0.571. The number of H-pyrrole nitrogens is 1. The van der Waals surface area contributed by atoms with Gasteiger partial charge in [0.1, 0.15) is 5.82 Å². The Kier molecular flexibility index (Phi) is 2.41. The van der Waals surface area contributed by atoms with Crippen molar-refractivity contribution < 1.29 is 0 Å². The molecule has 14 heavy (non-hydrogen) atoms. The van der Waals surface area contributed by atoms with Crippen LogP contribution < -0.4 is 10.6 Å². The molecule has 1 saturated heterocycles. The predicted molar refractivity (Wildman–Crippen MR) is 55.1 cm³/mol. The molecule has 0 radical (unpaired) electrons. The van der Waals surface area contributed by atoms with E-state index in [0.717, 1.165) is 31.2 Å². The Morgan fingerprint density at radius 1 is 1.57 bits per heavy atom. The van der Waals surface area contributed by atoms with E-state index in [1.54, 1.807) is 0 Å². The molecule has 2 atom stereocenters. The molecule has 0 spiro atoms. The highest BCUT2D eigenvalue weighted by Gasteiger charge is 2.27. The number of hydrogen-bond acceptors (Lipinski definition) is 4. The number of piperidine rings is 1. The molecular formula is C9H17N5. The molecule has 5 heteroatoms. The molecule has 1 aromatic heterocycles. The zero-order valence-electron chi connectivity index (χ0n) is 8.70. The van der Waals surface area contributed by atoms with Gasteiger partial charge in [-0.3, -0.25) is 5.10 Å². The minimum Gasteiger partial charge on any atom is -0.335 e. The van der Waals surface area contributed by atoms with Gasteiger partial charge in [-0.15, -0.1) is 5.10 Å². The highest BCUT2D eigenvalue weighted by molar-refractivity contribution is 5.32. The molecule has 0 amide bonds. The number of nitrogens with two attached hydrogens (primary N) is 1. The molecular weight excluding hydrogens is 178 g/mol. The summed E-state index contributed by atoms with van der Waals surface area (Å²) in [4.78, 5) is 6.50. The van der Waals surface area contributed by atoms with Crippen molar-refractivity contribution in [2.45, 2.75) is 38.8 Å². The first-order chi connectivity index (χ1) is 6.68. The van der Waals surface area contributed by atoms with Gasteiger partial charge >= 0.3 is 0 Å². The quantitative estimate of drug-likeness (QED) is 0.681. The van der Waals surface area contributed by atoms with Gasteiger partial charge in [0.2, 0.25) is 5.95 Å². The van der Waals surface area contributed by atoms with E-state index >= 15 is 0 Å². The number of nitrogens with one attached hydrogen (secondary N) is 1. The van der Waals surface area contributed by atoms with E-state index in [0.29, 0.717) is 6.04 Å². The van der Waals surface area contributed by atoms with Crippen LogP contribution in [0.5, 0.6) is 0 Å². The highest BCUT2D eigenvalue weighted by Crippen LogP contribution is 2.20. The Bertz CT molecular complexity index is 308. The first-order valence-electron chi connectivity index (χ1n) is 5.09. The van der Waals surface area contributed by atoms with Gasteiger partial charge in [-0.2, -0.15) is 4.98 Å². The van der Waals surface area contributed by atoms with Gasteiger partial charge in [-0.05, 0) is 26.7 Å². The third-order valence-electron chi connectivity index (χ3n) is 2.89. The average molecular weight is 195 g/mol. The van der Waals surface area contributed by atoms with E-state index in [9.17, 15) is 0 Å². The van der Waals surface area contributed by atoms with Crippen LogP contribution in [0.4, 0.5) is 5.95 Å². The molecule has 1 aromatic rings. The largest absolute Gasteiger partial charge is 0.335 e. The standard InChI is InChI=1S/C9H17N5/c1-6-8(10)4-3-5-14(6)9-11-7(2)12-13-9/h6,8H,3-5,10H2,1-2H3,(H,11,12,13). The highest BCUT2D eigenvalue weighted by atomic mass is 15.4. The van der Waals surface area contributed by atoms with Crippen LogP contribution in [0, 0.1) is 6.92 Å². The minimum absolute atomic E-state index is 0.238. The molecule has 2 rings (SSSR count). The summed E-state index contributed by atoms with van der Waals surface area (Å²) < 4.78 is 0. The molecule has 2 heterocycles. The molecule has 2 unspecified atom stereocenters. The number of aromatic nitrogens is 3. The molecule has 3 N–H and O–H groups in total. The van der Waals surface area contributed by atoms with Gasteiger partial charge in [-0.1, -0.05) is 0 Å². The minimum atomic E-state index is 0.238.